The zero-order valence-corrected chi connectivity index (χ0v) is 28.2. The fourth-order valence-electron chi connectivity index (χ4n) is 8.76. The van der Waals surface area contributed by atoms with Crippen molar-refractivity contribution in [2.75, 3.05) is 4.90 Å². The van der Waals surface area contributed by atoms with E-state index in [-0.39, 0.29) is 0 Å². The number of hydrogen-bond donors (Lipinski definition) is 0. The minimum absolute atomic E-state index is 0.467. The number of para-hydroxylation sites is 3. The van der Waals surface area contributed by atoms with E-state index >= 15 is 0 Å². The van der Waals surface area contributed by atoms with Crippen LogP contribution in [0.3, 0.4) is 0 Å². The normalized spacial score (nSPS) is 13.2. The zero-order valence-electron chi connectivity index (χ0n) is 28.2. The Bertz CT molecular complexity index is 2930. The Morgan fingerprint density at radius 3 is 1.69 bits per heavy atom. The van der Waals surface area contributed by atoms with Crippen molar-refractivity contribution in [2.45, 2.75) is 5.41 Å². The summed E-state index contributed by atoms with van der Waals surface area (Å²) in [5.74, 6) is 0. The molecule has 2 aromatic heterocycles. The minimum atomic E-state index is -0.467. The van der Waals surface area contributed by atoms with Crippen LogP contribution in [-0.2, 0) is 5.41 Å². The van der Waals surface area contributed by atoms with Crippen molar-refractivity contribution in [2.24, 2.45) is 0 Å². The molecule has 244 valence electrons. The molecule has 3 nitrogen and oxygen atoms in total. The summed E-state index contributed by atoms with van der Waals surface area (Å²) in [7, 11) is 0. The van der Waals surface area contributed by atoms with Crippen molar-refractivity contribution in [3.8, 4) is 11.1 Å². The van der Waals surface area contributed by atoms with E-state index in [1.807, 2.05) is 24.3 Å². The molecule has 10 aromatic rings. The van der Waals surface area contributed by atoms with Crippen LogP contribution in [-0.4, -0.2) is 0 Å². The van der Waals surface area contributed by atoms with Gasteiger partial charge in [0.1, 0.15) is 16.7 Å². The van der Waals surface area contributed by atoms with Crippen LogP contribution < -0.4 is 4.90 Å². The van der Waals surface area contributed by atoms with E-state index in [0.29, 0.717) is 0 Å². The summed E-state index contributed by atoms with van der Waals surface area (Å²) in [6.45, 7) is 0. The molecule has 0 fully saturated rings. The number of anilines is 3. The van der Waals surface area contributed by atoms with Crippen molar-refractivity contribution in [3.63, 3.8) is 0 Å². The van der Waals surface area contributed by atoms with Crippen LogP contribution in [0, 0.1) is 0 Å². The first-order valence-corrected chi connectivity index (χ1v) is 17.8. The van der Waals surface area contributed by atoms with Gasteiger partial charge in [-0.2, -0.15) is 0 Å². The molecular formula is C49H31NO2. The number of benzene rings is 8. The first-order chi connectivity index (χ1) is 25.8. The summed E-state index contributed by atoms with van der Waals surface area (Å²) in [4.78, 5) is 2.35. The quantitative estimate of drug-likeness (QED) is 0.183. The summed E-state index contributed by atoms with van der Waals surface area (Å²) >= 11 is 0. The van der Waals surface area contributed by atoms with Gasteiger partial charge in [0, 0.05) is 32.9 Å². The average molecular weight is 666 g/mol. The van der Waals surface area contributed by atoms with E-state index in [1.54, 1.807) is 0 Å². The van der Waals surface area contributed by atoms with E-state index in [2.05, 4.69) is 169 Å². The number of fused-ring (bicyclic) bond motifs is 9. The van der Waals surface area contributed by atoms with Gasteiger partial charge in [-0.1, -0.05) is 140 Å². The highest BCUT2D eigenvalue weighted by Crippen LogP contribution is 2.57. The van der Waals surface area contributed by atoms with Gasteiger partial charge in [-0.3, -0.25) is 0 Å². The maximum absolute atomic E-state index is 6.69. The molecule has 0 amide bonds. The molecule has 0 radical (unpaired) electrons. The van der Waals surface area contributed by atoms with Gasteiger partial charge in [0.05, 0.1) is 11.1 Å². The van der Waals surface area contributed by atoms with Crippen LogP contribution in [0.2, 0.25) is 0 Å². The molecule has 8 aromatic carbocycles. The predicted molar refractivity (Wildman–Crippen MR) is 213 cm³/mol. The van der Waals surface area contributed by atoms with Gasteiger partial charge in [0.25, 0.3) is 0 Å². The van der Waals surface area contributed by atoms with E-state index in [4.69, 9.17) is 8.83 Å². The standard InChI is InChI=1S/C49H31NO2/c1-3-14-32(15-4-1)49(33-16-5-2-6-17-33)42-22-10-7-18-36(42)40-30-34(26-28-43(40)49)50(35-27-29-47-41(31-35)38-20-9-11-24-45(38)51-47)44-23-13-21-39-37-19-8-12-25-46(37)52-48(39)44/h1-31H. The second-order valence-electron chi connectivity index (χ2n) is 13.6. The van der Waals surface area contributed by atoms with Gasteiger partial charge in [0.2, 0.25) is 0 Å². The Morgan fingerprint density at radius 2 is 0.923 bits per heavy atom. The van der Waals surface area contributed by atoms with Crippen molar-refractivity contribution < 1.29 is 8.83 Å². The summed E-state index contributed by atoms with van der Waals surface area (Å²) < 4.78 is 13.0. The van der Waals surface area contributed by atoms with Gasteiger partial charge in [-0.05, 0) is 81.9 Å². The molecule has 0 spiro atoms. The summed E-state index contributed by atoms with van der Waals surface area (Å²) in [5, 5.41) is 4.37. The van der Waals surface area contributed by atoms with Crippen LogP contribution in [0.5, 0.6) is 0 Å². The SMILES string of the molecule is c1ccc(C2(c3ccccc3)c3ccccc3-c3cc(N(c4ccc5oc6ccccc6c5c4)c4cccc5c4oc4ccccc45)ccc32)cc1. The van der Waals surface area contributed by atoms with Gasteiger partial charge in [-0.15, -0.1) is 0 Å². The first kappa shape index (κ1) is 28.9. The van der Waals surface area contributed by atoms with Crippen LogP contribution in [0.1, 0.15) is 22.3 Å². The highest BCUT2D eigenvalue weighted by Gasteiger charge is 2.46. The zero-order chi connectivity index (χ0) is 34.2. The molecule has 0 unspecified atom stereocenters. The topological polar surface area (TPSA) is 29.5 Å². The molecule has 1 aliphatic carbocycles. The van der Waals surface area contributed by atoms with Gasteiger partial charge >= 0.3 is 0 Å². The second-order valence-corrected chi connectivity index (χ2v) is 13.6. The molecule has 0 bridgehead atoms. The molecule has 2 heterocycles. The lowest BCUT2D eigenvalue weighted by atomic mass is 9.68. The third-order valence-corrected chi connectivity index (χ3v) is 10.9. The number of rotatable bonds is 5. The summed E-state index contributed by atoms with van der Waals surface area (Å²) in [6, 6.07) is 67.3. The van der Waals surface area contributed by atoms with Gasteiger partial charge in [0.15, 0.2) is 5.58 Å². The molecule has 11 rings (SSSR count). The van der Waals surface area contributed by atoms with Crippen LogP contribution in [0.4, 0.5) is 17.1 Å². The van der Waals surface area contributed by atoms with Crippen LogP contribution in [0.25, 0.3) is 55.0 Å². The van der Waals surface area contributed by atoms with E-state index in [0.717, 1.165) is 60.9 Å². The molecule has 0 aliphatic heterocycles. The van der Waals surface area contributed by atoms with Crippen molar-refractivity contribution in [1.29, 1.82) is 0 Å². The fraction of sp³-hybridized carbons (Fsp3) is 0.0204. The lowest BCUT2D eigenvalue weighted by Gasteiger charge is -2.34. The van der Waals surface area contributed by atoms with E-state index < -0.39 is 5.41 Å². The first-order valence-electron chi connectivity index (χ1n) is 17.8. The van der Waals surface area contributed by atoms with Crippen LogP contribution in [0.15, 0.2) is 197 Å². The smallest absolute Gasteiger partial charge is 0.159 e. The van der Waals surface area contributed by atoms with E-state index in [1.165, 1.54) is 33.4 Å². The Hall–Kier alpha value is -6.84. The molecule has 0 saturated carbocycles. The van der Waals surface area contributed by atoms with Gasteiger partial charge in [-0.25, -0.2) is 0 Å². The third kappa shape index (κ3) is 4.02. The maximum atomic E-state index is 6.69. The molecule has 3 heteroatoms. The summed E-state index contributed by atoms with van der Waals surface area (Å²) in [5.41, 5.74) is 13.6. The van der Waals surface area contributed by atoms with Crippen molar-refractivity contribution in [1.82, 2.24) is 0 Å². The molecular weight excluding hydrogens is 635 g/mol. The average Bonchev–Trinajstić information content (AvgIpc) is 3.87. The highest BCUT2D eigenvalue weighted by atomic mass is 16.3. The molecule has 52 heavy (non-hydrogen) atoms. The number of hydrogen-bond acceptors (Lipinski definition) is 3. The fourth-order valence-corrected chi connectivity index (χ4v) is 8.76. The highest BCUT2D eigenvalue weighted by molar-refractivity contribution is 6.11. The predicted octanol–water partition coefficient (Wildman–Crippen LogP) is 13.3. The van der Waals surface area contributed by atoms with Crippen LogP contribution >= 0.6 is 0 Å². The Kier molecular flexibility index (Phi) is 6.17. The molecule has 0 N–H and O–H groups in total. The Labute approximate surface area is 300 Å². The largest absolute Gasteiger partial charge is 0.456 e. The van der Waals surface area contributed by atoms with Crippen molar-refractivity contribution >= 4 is 60.9 Å². The second kappa shape index (κ2) is 11.1. The molecule has 0 atom stereocenters. The lowest BCUT2D eigenvalue weighted by molar-refractivity contribution is 0.669. The number of nitrogens with zero attached hydrogens (tertiary/aromatic N) is 1. The molecule has 1 aliphatic rings. The monoisotopic (exact) mass is 665 g/mol. The minimum Gasteiger partial charge on any atom is -0.456 e. The van der Waals surface area contributed by atoms with Crippen molar-refractivity contribution in [3.05, 3.63) is 210 Å². The third-order valence-electron chi connectivity index (χ3n) is 10.9. The Balaban J connectivity index is 1.20. The summed E-state index contributed by atoms with van der Waals surface area (Å²) in [6.07, 6.45) is 0. The lowest BCUT2D eigenvalue weighted by Crippen LogP contribution is -2.28. The maximum Gasteiger partial charge on any atom is 0.159 e. The number of furan rings is 2. The van der Waals surface area contributed by atoms with E-state index in [9.17, 15) is 0 Å². The molecule has 0 saturated heterocycles. The Morgan fingerprint density at radius 1 is 0.365 bits per heavy atom. The van der Waals surface area contributed by atoms with Gasteiger partial charge < -0.3 is 13.7 Å².